The highest BCUT2D eigenvalue weighted by Crippen LogP contribution is 2.59. The van der Waals surface area contributed by atoms with Crippen LogP contribution in [-0.2, 0) is 83.7 Å². The molecule has 3 aliphatic carbocycles. The van der Waals surface area contributed by atoms with Gasteiger partial charge in [0.05, 0.1) is 59.8 Å². The number of carboxylic acids is 6. The Bertz CT molecular complexity index is 4670. The molecular formula is C89H100N4O27. The Morgan fingerprint density at radius 3 is 1.06 bits per heavy atom. The van der Waals surface area contributed by atoms with E-state index in [9.17, 15) is 38.4 Å². The second-order valence-corrected chi connectivity index (χ2v) is 30.5. The van der Waals surface area contributed by atoms with Gasteiger partial charge in [-0.2, -0.15) is 0 Å². The molecule has 6 heterocycles. The maximum absolute atomic E-state index is 12.6. The van der Waals surface area contributed by atoms with Crippen LogP contribution in [0.5, 0.6) is 40.2 Å². The van der Waals surface area contributed by atoms with Crippen molar-refractivity contribution in [3.05, 3.63) is 201 Å². The number of carboxylic acid groups (broad SMARTS) is 6. The lowest BCUT2D eigenvalue weighted by atomic mass is 9.69. The van der Waals surface area contributed by atoms with Crippen LogP contribution >= 0.6 is 0 Å². The van der Waals surface area contributed by atoms with E-state index in [1.54, 1.807) is 21.3 Å². The Morgan fingerprint density at radius 1 is 0.408 bits per heavy atom. The molecule has 6 aromatic carbocycles. The number of methoxy groups -OCH3 is 3. The highest BCUT2D eigenvalue weighted by molar-refractivity contribution is 5.94. The van der Waals surface area contributed by atoms with Crippen molar-refractivity contribution in [1.29, 1.82) is 0 Å². The van der Waals surface area contributed by atoms with Crippen molar-refractivity contribution < 1.29 is 131 Å². The first-order valence-electron chi connectivity index (χ1n) is 39.1. The monoisotopic (exact) mass is 1660 g/mol. The van der Waals surface area contributed by atoms with Crippen molar-refractivity contribution in [2.45, 2.75) is 170 Å². The number of esters is 4. The topological polar surface area (TPSA) is 423 Å². The smallest absolute Gasteiger partial charge is 0.338 e. The fourth-order valence-electron chi connectivity index (χ4n) is 16.4. The van der Waals surface area contributed by atoms with Gasteiger partial charge < -0.3 is 98.0 Å². The normalized spacial score (nSPS) is 22.3. The molecule has 1 amide bonds. The fraction of sp³-hybridized carbons (Fsp3) is 0.404. The van der Waals surface area contributed by atoms with E-state index in [2.05, 4.69) is 77.6 Å². The third-order valence-corrected chi connectivity index (χ3v) is 21.9. The van der Waals surface area contributed by atoms with Crippen LogP contribution in [0, 0.1) is 0 Å². The summed E-state index contributed by atoms with van der Waals surface area (Å²) in [7, 11) is 11.3. The maximum atomic E-state index is 12.6. The van der Waals surface area contributed by atoms with Crippen LogP contribution in [0.3, 0.4) is 0 Å². The molecule has 31 nitrogen and oxygen atoms in total. The van der Waals surface area contributed by atoms with Crippen LogP contribution in [0.2, 0.25) is 0 Å². The Kier molecular flexibility index (Phi) is 29.7. The van der Waals surface area contributed by atoms with E-state index in [1.807, 2.05) is 36.4 Å². The average Bonchev–Trinajstić information content (AvgIpc) is 1.57. The molecule has 0 unspecified atom stereocenters. The number of hydrogen-bond donors (Lipinski definition) is 7. The van der Waals surface area contributed by atoms with Crippen LogP contribution < -0.4 is 38.5 Å². The van der Waals surface area contributed by atoms with Gasteiger partial charge in [0, 0.05) is 108 Å². The molecule has 6 aliphatic heterocycles. The molecule has 0 fully saturated rings. The second kappa shape index (κ2) is 39.8. The van der Waals surface area contributed by atoms with Gasteiger partial charge in [0.1, 0.15) is 42.4 Å². The molecule has 0 bridgehead atoms. The minimum Gasteiger partial charge on any atom is -0.493 e. The third kappa shape index (κ3) is 21.6. The number of carbonyl (C=O) groups is 11. The molecule has 0 saturated carbocycles. The predicted molar refractivity (Wildman–Crippen MR) is 432 cm³/mol. The van der Waals surface area contributed by atoms with Crippen molar-refractivity contribution in [3.8, 4) is 40.2 Å². The van der Waals surface area contributed by atoms with Crippen LogP contribution in [0.25, 0.3) is 0 Å². The summed E-state index contributed by atoms with van der Waals surface area (Å²) < 4.78 is 58.6. The first-order valence-corrected chi connectivity index (χ1v) is 39.1. The van der Waals surface area contributed by atoms with E-state index >= 15 is 0 Å². The number of rotatable bonds is 20. The van der Waals surface area contributed by atoms with Crippen molar-refractivity contribution in [2.75, 3.05) is 67.4 Å². The van der Waals surface area contributed by atoms with Crippen LogP contribution in [0.4, 0.5) is 5.69 Å². The number of aromatic carboxylic acids is 3. The first kappa shape index (κ1) is 89.7. The molecule has 31 heteroatoms. The van der Waals surface area contributed by atoms with Crippen molar-refractivity contribution in [1.82, 2.24) is 14.7 Å². The van der Waals surface area contributed by atoms with Gasteiger partial charge in [0.2, 0.25) is 5.91 Å². The second-order valence-electron chi connectivity index (χ2n) is 30.5. The Labute approximate surface area is 692 Å². The Balaban J connectivity index is 0.000000177. The zero-order valence-corrected chi connectivity index (χ0v) is 68.1. The number of hydrogen-bond acceptors (Lipinski definition) is 24. The van der Waals surface area contributed by atoms with Gasteiger partial charge in [0.15, 0.2) is 34.5 Å². The predicted octanol–water partition coefficient (Wildman–Crippen LogP) is 11.5. The largest absolute Gasteiger partial charge is 0.493 e. The molecule has 6 aromatic rings. The number of benzene rings is 6. The lowest BCUT2D eigenvalue weighted by Crippen LogP contribution is -2.43. The molecule has 0 aromatic heterocycles. The van der Waals surface area contributed by atoms with Crippen molar-refractivity contribution in [3.63, 3.8) is 0 Å². The molecule has 638 valence electrons. The summed E-state index contributed by atoms with van der Waals surface area (Å²) in [6, 6.07) is 29.5. The lowest BCUT2D eigenvalue weighted by molar-refractivity contribution is -0.149. The lowest BCUT2D eigenvalue weighted by Gasteiger charge is -2.36. The van der Waals surface area contributed by atoms with E-state index in [1.165, 1.54) is 106 Å². The zero-order chi connectivity index (χ0) is 86.9. The molecule has 15 rings (SSSR count). The van der Waals surface area contributed by atoms with Gasteiger partial charge in [-0.3, -0.25) is 33.6 Å². The summed E-state index contributed by atoms with van der Waals surface area (Å²) in [5, 5.41) is 51.9. The van der Waals surface area contributed by atoms with E-state index in [0.29, 0.717) is 42.7 Å². The maximum Gasteiger partial charge on any atom is 0.338 e. The summed E-state index contributed by atoms with van der Waals surface area (Å²) in [4.78, 5) is 129. The summed E-state index contributed by atoms with van der Waals surface area (Å²) >= 11 is 0. The number of ether oxygens (including phenoxy) is 10. The van der Waals surface area contributed by atoms with Gasteiger partial charge in [0.25, 0.3) is 17.9 Å². The summed E-state index contributed by atoms with van der Waals surface area (Å²) in [6.07, 6.45) is 16.0. The number of aliphatic carboxylic acids is 3. The molecule has 9 atom stereocenters. The van der Waals surface area contributed by atoms with Gasteiger partial charge in [-0.1, -0.05) is 36.4 Å². The Hall–Kier alpha value is -12.6. The fourth-order valence-corrected chi connectivity index (χ4v) is 16.4. The molecule has 3 spiro atoms. The molecule has 7 N–H and O–H groups in total. The van der Waals surface area contributed by atoms with E-state index in [-0.39, 0.29) is 107 Å². The number of carbonyl (C=O) groups excluding carboxylic acids is 5. The minimum atomic E-state index is -1.06. The Morgan fingerprint density at radius 2 is 0.717 bits per heavy atom. The van der Waals surface area contributed by atoms with Crippen LogP contribution in [0.1, 0.15) is 173 Å². The van der Waals surface area contributed by atoms with Crippen LogP contribution in [0.15, 0.2) is 146 Å². The molecule has 9 aliphatic rings. The van der Waals surface area contributed by atoms with Crippen molar-refractivity contribution >= 4 is 71.3 Å². The summed E-state index contributed by atoms with van der Waals surface area (Å²) in [5.74, 6) is -2.79. The molecule has 0 saturated heterocycles. The van der Waals surface area contributed by atoms with Gasteiger partial charge in [-0.05, 0) is 199 Å². The van der Waals surface area contributed by atoms with E-state index in [0.717, 1.165) is 108 Å². The average molecular weight is 1660 g/mol. The number of nitrogens with zero attached hydrogens (tertiary/aromatic N) is 3. The van der Waals surface area contributed by atoms with Gasteiger partial charge >= 0.3 is 41.8 Å². The van der Waals surface area contributed by atoms with E-state index < -0.39 is 66.1 Å². The number of anilines is 1. The number of amides is 1. The van der Waals surface area contributed by atoms with E-state index in [4.69, 9.17) is 92.4 Å². The highest BCUT2D eigenvalue weighted by atomic mass is 16.6. The quantitative estimate of drug-likeness (QED) is 0.0161. The number of nitrogens with one attached hydrogen (secondary N) is 1. The summed E-state index contributed by atoms with van der Waals surface area (Å²) in [5.41, 5.74) is 7.65. The van der Waals surface area contributed by atoms with Gasteiger partial charge in [-0.15, -0.1) is 0 Å². The standard InChI is InChI=1S/C29H32N2O7.C29H31NO8.C25H25NO6.3C2H4O2/c1-31-15-14-29-13-12-21(16-23(29)38-27-22(36-2)11-8-19(17-31)26(27)29)37-25(33)5-3-4-24(32)30-20-9-6-18(7-10-20)28(34)35;1-30-15-14-29-13-12-21(16-23(29)38-27-22(35-2)11-8-19(17-30)26(27)29)37-25(32)5-3-4-24(31)36-20-9-6-18(7-10-20)28(33)34;1-26-12-11-25-10-9-18(31-24(29)16-5-3-15(4-6-16)23(27)28)13-20(25)32-22-19(30-2)8-7-17(14-26)21(22)25;3*1-2(3)4/h6-13,21,23H,3-5,14-17H2,1-2H3,(H,30,32)(H,34,35);6-13,21,23H,3-5,14-17H2,1-2H3,(H,33,34);3-10,18,20H,11-14H2,1-2H3,(H,27,28);3*1H3,(H,3,4)/t2*21-,23-,29-;18-,20-,25-;;;/m000.../s1. The van der Waals surface area contributed by atoms with Crippen molar-refractivity contribution in [2.24, 2.45) is 0 Å². The molecule has 0 radical (unpaired) electrons. The third-order valence-electron chi connectivity index (χ3n) is 21.9. The van der Waals surface area contributed by atoms with Crippen LogP contribution in [-0.4, -0.2) is 210 Å². The molecule has 120 heavy (non-hydrogen) atoms. The van der Waals surface area contributed by atoms with Gasteiger partial charge in [-0.25, -0.2) is 19.2 Å². The summed E-state index contributed by atoms with van der Waals surface area (Å²) in [6.45, 7) is 8.57. The zero-order valence-electron chi connectivity index (χ0n) is 68.1. The SMILES string of the molecule is CC(=O)O.CC(=O)O.CC(=O)O.COc1ccc2c3c1O[C@H]1C[C@@H](OC(=O)CCCC(=O)Nc4ccc(C(=O)O)cc4)C=C[C@@]31CCN(C)C2.COc1ccc2c3c1O[C@H]1C[C@@H](OC(=O)CCCC(=O)Oc4ccc(C(=O)O)cc4)C=C[C@@]31CCN(C)C2.COc1ccc2c3c1O[C@H]1C[C@@H](OC(=O)c4ccc(C(=O)O)cc4)C=C[C@@]31CCN(C)C2. The highest BCUT2D eigenvalue weighted by Gasteiger charge is 2.56. The minimum absolute atomic E-state index is 0.0382. The molecular weight excluding hydrogens is 1560 g/mol. The first-order chi connectivity index (χ1) is 57.2.